The lowest BCUT2D eigenvalue weighted by Gasteiger charge is -2.39. The predicted octanol–water partition coefficient (Wildman–Crippen LogP) is 1.22. The number of rotatable bonds is 6. The lowest BCUT2D eigenvalue weighted by atomic mass is 9.95. The molecule has 0 radical (unpaired) electrons. The molecular weight excluding hydrogens is 256 g/mol. The number of nitrogens with zero attached hydrogens (tertiary/aromatic N) is 1. The number of ketones is 1. The van der Waals surface area contributed by atoms with E-state index in [4.69, 9.17) is 4.74 Å². The summed E-state index contributed by atoms with van der Waals surface area (Å²) in [7, 11) is 1.72. The van der Waals surface area contributed by atoms with Gasteiger partial charge in [0.25, 0.3) is 0 Å². The maximum atomic E-state index is 12.1. The van der Waals surface area contributed by atoms with Crippen LogP contribution in [-0.4, -0.2) is 55.0 Å². The van der Waals surface area contributed by atoms with Gasteiger partial charge in [0.05, 0.1) is 18.2 Å². The van der Waals surface area contributed by atoms with Crippen LogP contribution in [0.5, 0.6) is 0 Å². The molecule has 0 bridgehead atoms. The molecule has 5 nitrogen and oxygen atoms in total. The zero-order valence-corrected chi connectivity index (χ0v) is 13.4. The second-order valence-electron chi connectivity index (χ2n) is 6.37. The first kappa shape index (κ1) is 17.1. The molecular formula is C15H28N2O3. The number of amides is 1. The van der Waals surface area contributed by atoms with Gasteiger partial charge in [0, 0.05) is 13.7 Å². The number of carbonyl (C=O) groups excluding carboxylic acids is 2. The van der Waals surface area contributed by atoms with Gasteiger partial charge in [-0.3, -0.25) is 14.5 Å². The average molecular weight is 284 g/mol. The first-order valence-electron chi connectivity index (χ1n) is 7.35. The lowest BCUT2D eigenvalue weighted by Crippen LogP contribution is -2.52. The molecule has 0 aliphatic carbocycles. The fraction of sp³-hybridized carbons (Fsp3) is 0.867. The van der Waals surface area contributed by atoms with Gasteiger partial charge >= 0.3 is 0 Å². The minimum Gasteiger partial charge on any atom is -0.377 e. The van der Waals surface area contributed by atoms with E-state index < -0.39 is 0 Å². The SMILES string of the molecule is COC1(C)CCCN(CC(=O)NC(C(C)=O)C(C)C)C1. The molecule has 1 N–H and O–H groups in total. The zero-order chi connectivity index (χ0) is 15.3. The highest BCUT2D eigenvalue weighted by Gasteiger charge is 2.32. The van der Waals surface area contributed by atoms with Crippen molar-refractivity contribution in [3.63, 3.8) is 0 Å². The molecule has 2 atom stereocenters. The molecule has 1 aliphatic heterocycles. The molecule has 20 heavy (non-hydrogen) atoms. The van der Waals surface area contributed by atoms with Crippen LogP contribution < -0.4 is 5.32 Å². The maximum Gasteiger partial charge on any atom is 0.234 e. The lowest BCUT2D eigenvalue weighted by molar-refractivity contribution is -0.129. The van der Waals surface area contributed by atoms with Gasteiger partial charge in [0.2, 0.25) is 5.91 Å². The van der Waals surface area contributed by atoms with E-state index in [0.717, 1.165) is 25.9 Å². The van der Waals surface area contributed by atoms with E-state index in [9.17, 15) is 9.59 Å². The fourth-order valence-electron chi connectivity index (χ4n) is 2.77. The maximum absolute atomic E-state index is 12.1. The van der Waals surface area contributed by atoms with E-state index in [0.29, 0.717) is 6.54 Å². The fourth-order valence-corrected chi connectivity index (χ4v) is 2.77. The van der Waals surface area contributed by atoms with Crippen LogP contribution in [-0.2, 0) is 14.3 Å². The molecule has 5 heteroatoms. The van der Waals surface area contributed by atoms with Crippen molar-refractivity contribution in [1.29, 1.82) is 0 Å². The second kappa shape index (κ2) is 7.18. The number of likely N-dealkylation sites (tertiary alicyclic amines) is 1. The van der Waals surface area contributed by atoms with Crippen molar-refractivity contribution in [2.75, 3.05) is 26.7 Å². The molecule has 1 amide bonds. The van der Waals surface area contributed by atoms with Crippen LogP contribution in [0.1, 0.15) is 40.5 Å². The highest BCUT2D eigenvalue weighted by atomic mass is 16.5. The van der Waals surface area contributed by atoms with E-state index in [-0.39, 0.29) is 29.3 Å². The molecule has 1 fully saturated rings. The summed E-state index contributed by atoms with van der Waals surface area (Å²) < 4.78 is 5.52. The molecule has 2 unspecified atom stereocenters. The van der Waals surface area contributed by atoms with Gasteiger partial charge in [0.1, 0.15) is 0 Å². The van der Waals surface area contributed by atoms with Gasteiger partial charge in [-0.2, -0.15) is 0 Å². The van der Waals surface area contributed by atoms with Gasteiger partial charge in [-0.1, -0.05) is 13.8 Å². The van der Waals surface area contributed by atoms with Crippen LogP contribution >= 0.6 is 0 Å². The topological polar surface area (TPSA) is 58.6 Å². The largest absolute Gasteiger partial charge is 0.377 e. The van der Waals surface area contributed by atoms with Crippen LogP contribution in [0.25, 0.3) is 0 Å². The Bertz CT molecular complexity index is 357. The summed E-state index contributed by atoms with van der Waals surface area (Å²) in [4.78, 5) is 25.7. The molecule has 1 heterocycles. The number of methoxy groups -OCH3 is 1. The van der Waals surface area contributed by atoms with E-state index in [2.05, 4.69) is 17.1 Å². The molecule has 0 aromatic carbocycles. The van der Waals surface area contributed by atoms with Crippen molar-refractivity contribution >= 4 is 11.7 Å². The Hall–Kier alpha value is -0.940. The Morgan fingerprint density at radius 2 is 2.05 bits per heavy atom. The number of Topliss-reactive ketones (excluding diaryl/α,β-unsaturated/α-hetero) is 1. The Morgan fingerprint density at radius 3 is 2.55 bits per heavy atom. The Morgan fingerprint density at radius 1 is 1.40 bits per heavy atom. The highest BCUT2D eigenvalue weighted by molar-refractivity contribution is 5.88. The number of hydrogen-bond acceptors (Lipinski definition) is 4. The number of carbonyl (C=O) groups is 2. The van der Waals surface area contributed by atoms with E-state index >= 15 is 0 Å². The smallest absolute Gasteiger partial charge is 0.234 e. The third-order valence-corrected chi connectivity index (χ3v) is 4.02. The summed E-state index contributed by atoms with van der Waals surface area (Å²) in [5, 5.41) is 2.84. The van der Waals surface area contributed by atoms with E-state index in [1.54, 1.807) is 7.11 Å². The van der Waals surface area contributed by atoms with E-state index in [1.165, 1.54) is 6.92 Å². The Balaban J connectivity index is 2.51. The molecule has 1 aliphatic rings. The van der Waals surface area contributed by atoms with Crippen molar-refractivity contribution in [3.05, 3.63) is 0 Å². The second-order valence-corrected chi connectivity index (χ2v) is 6.37. The summed E-state index contributed by atoms with van der Waals surface area (Å²) >= 11 is 0. The number of nitrogens with one attached hydrogen (secondary N) is 1. The summed E-state index contributed by atoms with van der Waals surface area (Å²) in [5.74, 6) is 0.0371. The van der Waals surface area contributed by atoms with Crippen molar-refractivity contribution in [3.8, 4) is 0 Å². The van der Waals surface area contributed by atoms with Crippen LogP contribution in [0.3, 0.4) is 0 Å². The number of piperidine rings is 1. The first-order chi connectivity index (χ1) is 9.27. The third-order valence-electron chi connectivity index (χ3n) is 4.02. The van der Waals surface area contributed by atoms with Gasteiger partial charge in [-0.25, -0.2) is 0 Å². The van der Waals surface area contributed by atoms with Gasteiger partial charge in [0.15, 0.2) is 5.78 Å². The molecule has 116 valence electrons. The normalized spacial score (nSPS) is 25.5. The van der Waals surface area contributed by atoms with Gasteiger partial charge < -0.3 is 10.1 Å². The monoisotopic (exact) mass is 284 g/mol. The minimum absolute atomic E-state index is 0.00808. The van der Waals surface area contributed by atoms with Crippen molar-refractivity contribution in [2.45, 2.75) is 52.2 Å². The summed E-state index contributed by atoms with van der Waals surface area (Å²) in [6, 6.07) is -0.388. The zero-order valence-electron chi connectivity index (χ0n) is 13.4. The van der Waals surface area contributed by atoms with Gasteiger partial charge in [-0.15, -0.1) is 0 Å². The van der Waals surface area contributed by atoms with E-state index in [1.807, 2.05) is 13.8 Å². The van der Waals surface area contributed by atoms with Crippen molar-refractivity contribution in [2.24, 2.45) is 5.92 Å². The number of ether oxygens (including phenoxy) is 1. The quantitative estimate of drug-likeness (QED) is 0.796. The third kappa shape index (κ3) is 4.87. The standard InChI is InChI=1S/C15H28N2O3/c1-11(2)14(12(3)18)16-13(19)9-17-8-6-7-15(4,10-17)20-5/h11,14H,6-10H2,1-5H3,(H,16,19). The molecule has 1 rings (SSSR count). The predicted molar refractivity (Wildman–Crippen MR) is 78.5 cm³/mol. The summed E-state index contributed by atoms with van der Waals surface area (Å²) in [6.07, 6.45) is 2.04. The van der Waals surface area contributed by atoms with Crippen LogP contribution in [0.2, 0.25) is 0 Å². The first-order valence-corrected chi connectivity index (χ1v) is 7.35. The Kier molecular flexibility index (Phi) is 6.14. The molecule has 0 spiro atoms. The summed E-state index contributed by atoms with van der Waals surface area (Å²) in [6.45, 7) is 9.46. The number of hydrogen-bond donors (Lipinski definition) is 1. The molecule has 0 aromatic heterocycles. The van der Waals surface area contributed by atoms with Gasteiger partial charge in [-0.05, 0) is 39.2 Å². The van der Waals surface area contributed by atoms with Crippen molar-refractivity contribution in [1.82, 2.24) is 10.2 Å². The summed E-state index contributed by atoms with van der Waals surface area (Å²) in [5.41, 5.74) is -0.170. The molecule has 0 saturated carbocycles. The minimum atomic E-state index is -0.388. The van der Waals surface area contributed by atoms with Crippen molar-refractivity contribution < 1.29 is 14.3 Å². The average Bonchev–Trinajstić information content (AvgIpc) is 2.35. The van der Waals surface area contributed by atoms with Crippen LogP contribution in [0.4, 0.5) is 0 Å². The Labute approximate surface area is 122 Å². The molecule has 0 aromatic rings. The van der Waals surface area contributed by atoms with Crippen LogP contribution in [0, 0.1) is 5.92 Å². The molecule has 1 saturated heterocycles. The highest BCUT2D eigenvalue weighted by Crippen LogP contribution is 2.23. The van der Waals surface area contributed by atoms with Crippen LogP contribution in [0.15, 0.2) is 0 Å².